The van der Waals surface area contributed by atoms with Crippen molar-refractivity contribution in [1.29, 1.82) is 0 Å². The number of rotatable bonds is 1. The fourth-order valence-corrected chi connectivity index (χ4v) is 5.28. The number of nitrogens with two attached hydrogens (primary N) is 1. The molecule has 0 unspecified atom stereocenters. The van der Waals surface area contributed by atoms with Crippen LogP contribution >= 0.6 is 0 Å². The minimum absolute atomic E-state index is 0.0276. The van der Waals surface area contributed by atoms with Crippen molar-refractivity contribution < 1.29 is 4.74 Å². The quantitative estimate of drug-likeness (QED) is 0.873. The van der Waals surface area contributed by atoms with Crippen LogP contribution in [0.15, 0.2) is 24.4 Å². The van der Waals surface area contributed by atoms with Crippen molar-refractivity contribution in [2.24, 2.45) is 5.92 Å². The van der Waals surface area contributed by atoms with Gasteiger partial charge in [0.25, 0.3) is 0 Å². The molecule has 0 amide bonds. The van der Waals surface area contributed by atoms with Crippen molar-refractivity contribution >= 4 is 5.95 Å². The van der Waals surface area contributed by atoms with Crippen LogP contribution in [-0.4, -0.2) is 17.1 Å². The van der Waals surface area contributed by atoms with Crippen LogP contribution in [-0.2, 0) is 23.7 Å². The van der Waals surface area contributed by atoms with Crippen LogP contribution in [0.2, 0.25) is 0 Å². The third-order valence-corrected chi connectivity index (χ3v) is 6.33. The van der Waals surface area contributed by atoms with E-state index in [4.69, 9.17) is 10.5 Å². The minimum atomic E-state index is -0.0276. The number of nitrogens with zero attached hydrogens (tertiary/aromatic N) is 2. The Balaban J connectivity index is 1.93. The van der Waals surface area contributed by atoms with Gasteiger partial charge in [-0.25, -0.2) is 9.97 Å². The van der Waals surface area contributed by atoms with Gasteiger partial charge < -0.3 is 10.5 Å². The number of aryl methyl sites for hydroxylation is 1. The summed E-state index contributed by atoms with van der Waals surface area (Å²) in [6, 6.07) is 6.55. The molecule has 2 aliphatic carbocycles. The molecule has 2 N–H and O–H groups in total. The van der Waals surface area contributed by atoms with Gasteiger partial charge in [-0.05, 0) is 54.0 Å². The predicted octanol–water partition coefficient (Wildman–Crippen LogP) is 3.42. The molecule has 126 valence electrons. The molecular formula is C20H25N3O. The van der Waals surface area contributed by atoms with Gasteiger partial charge in [-0.15, -0.1) is 0 Å². The lowest BCUT2D eigenvalue weighted by Crippen LogP contribution is -2.52. The van der Waals surface area contributed by atoms with Crippen molar-refractivity contribution in [3.8, 4) is 5.75 Å². The molecule has 0 spiro atoms. The molecule has 1 aromatic carbocycles. The van der Waals surface area contributed by atoms with Crippen LogP contribution in [0, 0.1) is 5.92 Å². The number of aromatic nitrogens is 2. The summed E-state index contributed by atoms with van der Waals surface area (Å²) < 4.78 is 5.50. The summed E-state index contributed by atoms with van der Waals surface area (Å²) in [7, 11) is 1.74. The van der Waals surface area contributed by atoms with E-state index in [1.54, 1.807) is 7.11 Å². The fraction of sp³-hybridized carbons (Fsp3) is 0.500. The third kappa shape index (κ3) is 1.98. The van der Waals surface area contributed by atoms with E-state index in [1.165, 1.54) is 23.1 Å². The van der Waals surface area contributed by atoms with Crippen LogP contribution in [0.1, 0.15) is 49.6 Å². The first-order valence-corrected chi connectivity index (χ1v) is 8.65. The first-order chi connectivity index (χ1) is 11.4. The number of ether oxygens (including phenoxy) is 1. The topological polar surface area (TPSA) is 61.0 Å². The molecule has 0 radical (unpaired) electrons. The van der Waals surface area contributed by atoms with Crippen molar-refractivity contribution in [3.63, 3.8) is 0 Å². The summed E-state index contributed by atoms with van der Waals surface area (Å²) in [5, 5.41) is 0. The van der Waals surface area contributed by atoms with E-state index in [-0.39, 0.29) is 10.8 Å². The number of anilines is 1. The summed E-state index contributed by atoms with van der Waals surface area (Å²) in [4.78, 5) is 8.88. The Morgan fingerprint density at radius 2 is 2.00 bits per heavy atom. The monoisotopic (exact) mass is 323 g/mol. The summed E-state index contributed by atoms with van der Waals surface area (Å²) in [5.74, 6) is 1.84. The van der Waals surface area contributed by atoms with E-state index in [0.29, 0.717) is 11.9 Å². The Hall–Kier alpha value is -2.10. The van der Waals surface area contributed by atoms with Crippen LogP contribution in [0.25, 0.3) is 0 Å². The van der Waals surface area contributed by atoms with Crippen molar-refractivity contribution in [3.05, 3.63) is 46.8 Å². The lowest BCUT2D eigenvalue weighted by Gasteiger charge is -2.54. The molecule has 0 saturated heterocycles. The zero-order chi connectivity index (χ0) is 17.1. The van der Waals surface area contributed by atoms with Crippen LogP contribution < -0.4 is 10.5 Å². The number of nitrogen functional groups attached to an aromatic ring is 1. The van der Waals surface area contributed by atoms with Crippen LogP contribution in [0.3, 0.4) is 0 Å². The highest BCUT2D eigenvalue weighted by Crippen LogP contribution is 2.56. The van der Waals surface area contributed by atoms with Gasteiger partial charge in [0.05, 0.1) is 12.8 Å². The minimum Gasteiger partial charge on any atom is -0.497 e. The van der Waals surface area contributed by atoms with E-state index in [0.717, 1.165) is 24.3 Å². The van der Waals surface area contributed by atoms with Gasteiger partial charge in [0.1, 0.15) is 5.75 Å². The number of methoxy groups -OCH3 is 1. The lowest BCUT2D eigenvalue weighted by molar-refractivity contribution is 0.135. The second kappa shape index (κ2) is 4.95. The predicted molar refractivity (Wildman–Crippen MR) is 95.3 cm³/mol. The molecule has 0 aliphatic heterocycles. The van der Waals surface area contributed by atoms with Gasteiger partial charge in [-0.1, -0.05) is 26.8 Å². The highest BCUT2D eigenvalue weighted by atomic mass is 16.5. The molecular weight excluding hydrogens is 298 g/mol. The normalized spacial score (nSPS) is 26.9. The smallest absolute Gasteiger partial charge is 0.220 e. The third-order valence-electron chi connectivity index (χ3n) is 6.33. The first-order valence-electron chi connectivity index (χ1n) is 8.65. The van der Waals surface area contributed by atoms with Gasteiger partial charge in [0, 0.05) is 17.0 Å². The Labute approximate surface area is 143 Å². The van der Waals surface area contributed by atoms with E-state index < -0.39 is 0 Å². The maximum atomic E-state index is 5.88. The molecule has 2 atom stereocenters. The highest BCUT2D eigenvalue weighted by Gasteiger charge is 2.53. The lowest BCUT2D eigenvalue weighted by atomic mass is 9.50. The van der Waals surface area contributed by atoms with E-state index in [2.05, 4.69) is 48.9 Å². The highest BCUT2D eigenvalue weighted by molar-refractivity contribution is 5.48. The first kappa shape index (κ1) is 15.4. The number of hydrogen-bond acceptors (Lipinski definition) is 4. The fourth-order valence-electron chi connectivity index (χ4n) is 5.28. The molecule has 0 bridgehead atoms. The van der Waals surface area contributed by atoms with E-state index in [1.807, 2.05) is 6.20 Å². The Bertz CT molecular complexity index is 815. The van der Waals surface area contributed by atoms with Crippen LogP contribution in [0.4, 0.5) is 5.95 Å². The second-order valence-electron chi connectivity index (χ2n) is 8.03. The maximum absolute atomic E-state index is 5.88. The number of hydrogen-bond donors (Lipinski definition) is 1. The second-order valence-corrected chi connectivity index (χ2v) is 8.03. The van der Waals surface area contributed by atoms with Crippen LogP contribution in [0.5, 0.6) is 5.75 Å². The summed E-state index contributed by atoms with van der Waals surface area (Å²) in [6.45, 7) is 7.02. The molecule has 0 saturated carbocycles. The molecule has 1 aromatic heterocycles. The van der Waals surface area contributed by atoms with Gasteiger partial charge in [0.15, 0.2) is 0 Å². The standard InChI is InChI=1S/C20H25N3O/c1-19(2)16-8-6-12-5-7-14(24-4)9-15(12)20(16,3)10-13-11-22-18(21)23-17(13)19/h5,7,9,11,16H,6,8,10H2,1-4H3,(H2,21,22,23)/t16-,20+/m0/s1. The summed E-state index contributed by atoms with van der Waals surface area (Å²) in [5.41, 5.74) is 11.1. The largest absolute Gasteiger partial charge is 0.497 e. The number of fused-ring (bicyclic) bond motifs is 4. The average molecular weight is 323 g/mol. The molecule has 2 aliphatic rings. The molecule has 4 nitrogen and oxygen atoms in total. The van der Waals surface area contributed by atoms with E-state index >= 15 is 0 Å². The van der Waals surface area contributed by atoms with Crippen molar-refractivity contribution in [1.82, 2.24) is 9.97 Å². The van der Waals surface area contributed by atoms with Gasteiger partial charge in [-0.2, -0.15) is 0 Å². The Kier molecular flexibility index (Phi) is 3.18. The maximum Gasteiger partial charge on any atom is 0.220 e. The Morgan fingerprint density at radius 1 is 1.21 bits per heavy atom. The molecule has 24 heavy (non-hydrogen) atoms. The zero-order valence-electron chi connectivity index (χ0n) is 14.9. The molecule has 4 rings (SSSR count). The zero-order valence-corrected chi connectivity index (χ0v) is 14.9. The molecule has 2 aromatic rings. The van der Waals surface area contributed by atoms with E-state index in [9.17, 15) is 0 Å². The van der Waals surface area contributed by atoms with Crippen molar-refractivity contribution in [2.75, 3.05) is 12.8 Å². The Morgan fingerprint density at radius 3 is 2.75 bits per heavy atom. The van der Waals surface area contributed by atoms with Crippen molar-refractivity contribution in [2.45, 2.75) is 50.9 Å². The SMILES string of the molecule is COc1ccc2c(c1)[C@@]1(C)Cc3cnc(N)nc3C(C)(C)[C@@H]1CC2. The average Bonchev–Trinajstić information content (AvgIpc) is 2.55. The molecule has 0 fully saturated rings. The summed E-state index contributed by atoms with van der Waals surface area (Å²) in [6.07, 6.45) is 5.16. The summed E-state index contributed by atoms with van der Waals surface area (Å²) >= 11 is 0. The molecule has 1 heterocycles. The van der Waals surface area contributed by atoms with Gasteiger partial charge >= 0.3 is 0 Å². The van der Waals surface area contributed by atoms with Gasteiger partial charge in [0.2, 0.25) is 5.95 Å². The molecule has 4 heteroatoms. The number of benzene rings is 1. The van der Waals surface area contributed by atoms with Gasteiger partial charge in [-0.3, -0.25) is 0 Å².